The summed E-state index contributed by atoms with van der Waals surface area (Å²) < 4.78 is 10.7. The number of pyridine rings is 1. The highest BCUT2D eigenvalue weighted by Crippen LogP contribution is 2.32. The molecule has 0 saturated heterocycles. The van der Waals surface area contributed by atoms with E-state index in [2.05, 4.69) is 4.98 Å². The van der Waals surface area contributed by atoms with Gasteiger partial charge < -0.3 is 9.47 Å². The van der Waals surface area contributed by atoms with E-state index in [0.29, 0.717) is 6.42 Å². The first-order chi connectivity index (χ1) is 13.3. The van der Waals surface area contributed by atoms with Gasteiger partial charge in [-0.3, -0.25) is 9.69 Å². The van der Waals surface area contributed by atoms with Crippen molar-refractivity contribution in [2.24, 2.45) is 0 Å². The lowest BCUT2D eigenvalue weighted by Crippen LogP contribution is -2.41. The van der Waals surface area contributed by atoms with Crippen LogP contribution >= 0.6 is 0 Å². The lowest BCUT2D eigenvalue weighted by atomic mass is 9.94. The number of amides is 1. The zero-order valence-electron chi connectivity index (χ0n) is 15.3. The van der Waals surface area contributed by atoms with Crippen molar-refractivity contribution >= 4 is 11.7 Å². The van der Waals surface area contributed by atoms with Crippen molar-refractivity contribution < 1.29 is 14.3 Å². The van der Waals surface area contributed by atoms with Crippen molar-refractivity contribution in [1.29, 1.82) is 0 Å². The first-order valence-corrected chi connectivity index (χ1v) is 9.60. The fourth-order valence-electron chi connectivity index (χ4n) is 3.76. The van der Waals surface area contributed by atoms with E-state index in [1.807, 2.05) is 47.4 Å². The van der Waals surface area contributed by atoms with E-state index >= 15 is 0 Å². The van der Waals surface area contributed by atoms with E-state index in [4.69, 9.17) is 9.47 Å². The van der Waals surface area contributed by atoms with Crippen molar-refractivity contribution in [3.63, 3.8) is 0 Å². The summed E-state index contributed by atoms with van der Waals surface area (Å²) in [7, 11) is 0. The topological polar surface area (TPSA) is 51.7 Å². The largest absolute Gasteiger partial charge is 0.454 e. The molecule has 27 heavy (non-hydrogen) atoms. The summed E-state index contributed by atoms with van der Waals surface area (Å²) in [6.45, 7) is 0.271. The summed E-state index contributed by atoms with van der Waals surface area (Å²) in [6.07, 6.45) is 11.7. The number of benzene rings is 1. The van der Waals surface area contributed by atoms with Crippen LogP contribution in [0.15, 0.2) is 54.7 Å². The van der Waals surface area contributed by atoms with Crippen molar-refractivity contribution in [2.75, 3.05) is 11.7 Å². The summed E-state index contributed by atoms with van der Waals surface area (Å²) in [5.74, 6) is 2.28. The molecule has 4 rings (SSSR count). The second-order valence-electron chi connectivity index (χ2n) is 6.98. The molecule has 0 spiro atoms. The summed E-state index contributed by atoms with van der Waals surface area (Å²) in [6, 6.07) is 11.8. The van der Waals surface area contributed by atoms with Gasteiger partial charge >= 0.3 is 0 Å². The Morgan fingerprint density at radius 2 is 1.96 bits per heavy atom. The summed E-state index contributed by atoms with van der Waals surface area (Å²) in [4.78, 5) is 19.3. The molecular weight excluding hydrogens is 340 g/mol. The lowest BCUT2D eigenvalue weighted by molar-refractivity contribution is -0.114. The lowest BCUT2D eigenvalue weighted by Gasteiger charge is -2.32. The predicted octanol–water partition coefficient (Wildman–Crippen LogP) is 4.27. The molecule has 2 heterocycles. The Balaban J connectivity index is 1.47. The van der Waals surface area contributed by atoms with Crippen molar-refractivity contribution in [1.82, 2.24) is 4.98 Å². The fourth-order valence-corrected chi connectivity index (χ4v) is 3.76. The minimum Gasteiger partial charge on any atom is -0.454 e. The van der Waals surface area contributed by atoms with Gasteiger partial charge in [0.1, 0.15) is 5.82 Å². The zero-order valence-corrected chi connectivity index (χ0v) is 15.3. The van der Waals surface area contributed by atoms with Gasteiger partial charge in [-0.15, -0.1) is 0 Å². The molecule has 1 aromatic carbocycles. The Bertz CT molecular complexity index is 814. The van der Waals surface area contributed by atoms with Gasteiger partial charge in [-0.2, -0.15) is 0 Å². The number of hydrogen-bond donors (Lipinski definition) is 0. The number of hydrogen-bond acceptors (Lipinski definition) is 4. The van der Waals surface area contributed by atoms with Crippen molar-refractivity contribution in [3.05, 3.63) is 60.3 Å². The number of carbonyl (C=O) groups is 1. The van der Waals surface area contributed by atoms with Crippen LogP contribution in [0.1, 0.15) is 37.7 Å². The van der Waals surface area contributed by atoms with Crippen LogP contribution in [0.4, 0.5) is 5.82 Å². The van der Waals surface area contributed by atoms with Crippen LogP contribution in [0.3, 0.4) is 0 Å². The van der Waals surface area contributed by atoms with Crippen LogP contribution in [-0.4, -0.2) is 23.7 Å². The third-order valence-electron chi connectivity index (χ3n) is 5.12. The average Bonchev–Trinajstić information content (AvgIpc) is 3.18. The summed E-state index contributed by atoms with van der Waals surface area (Å²) in [5.41, 5.74) is 1.09. The molecule has 5 heteroatoms. The van der Waals surface area contributed by atoms with Gasteiger partial charge in [0.2, 0.25) is 6.79 Å². The third-order valence-corrected chi connectivity index (χ3v) is 5.12. The number of fused-ring (bicyclic) bond motifs is 1. The van der Waals surface area contributed by atoms with Crippen molar-refractivity contribution in [3.8, 4) is 11.5 Å². The number of anilines is 1. The average molecular weight is 364 g/mol. The summed E-state index contributed by atoms with van der Waals surface area (Å²) >= 11 is 0. The molecule has 1 aromatic heterocycles. The molecule has 2 aliphatic rings. The van der Waals surface area contributed by atoms with Gasteiger partial charge in [0.05, 0.1) is 0 Å². The van der Waals surface area contributed by atoms with Gasteiger partial charge in [0.15, 0.2) is 11.5 Å². The highest BCUT2D eigenvalue weighted by molar-refractivity contribution is 6.01. The maximum atomic E-state index is 13.0. The van der Waals surface area contributed by atoms with Gasteiger partial charge in [-0.05, 0) is 55.2 Å². The molecule has 0 bridgehead atoms. The van der Waals surface area contributed by atoms with Crippen LogP contribution in [0.2, 0.25) is 0 Å². The molecule has 1 aliphatic heterocycles. The standard InChI is InChI=1S/C22H24N2O3/c25-22(11-6-7-17-12-13-19-20(15-17)27-16-26-19)24(18-8-2-1-3-9-18)21-10-4-5-14-23-21/h4-6,10-15,18H,1-3,7-9,16H2/b11-6-. The summed E-state index contributed by atoms with van der Waals surface area (Å²) in [5, 5.41) is 0. The normalized spacial score (nSPS) is 16.6. The maximum absolute atomic E-state index is 13.0. The van der Waals surface area contributed by atoms with Gasteiger partial charge in [0.25, 0.3) is 5.91 Å². The predicted molar refractivity (Wildman–Crippen MR) is 104 cm³/mol. The quantitative estimate of drug-likeness (QED) is 0.743. The van der Waals surface area contributed by atoms with Crippen LogP contribution in [0.25, 0.3) is 0 Å². The Labute approximate surface area is 159 Å². The van der Waals surface area contributed by atoms with E-state index in [1.165, 1.54) is 19.3 Å². The van der Waals surface area contributed by atoms with E-state index in [9.17, 15) is 4.79 Å². The molecule has 1 aliphatic carbocycles. The Hall–Kier alpha value is -2.82. The van der Waals surface area contributed by atoms with Crippen LogP contribution < -0.4 is 14.4 Å². The second-order valence-corrected chi connectivity index (χ2v) is 6.98. The number of ether oxygens (including phenoxy) is 2. The second kappa shape index (κ2) is 8.25. The van der Waals surface area contributed by atoms with Gasteiger partial charge in [-0.25, -0.2) is 4.98 Å². The molecule has 0 N–H and O–H groups in total. The molecule has 5 nitrogen and oxygen atoms in total. The van der Waals surface area contributed by atoms with E-state index < -0.39 is 0 Å². The van der Waals surface area contributed by atoms with Crippen LogP contribution in [-0.2, 0) is 11.2 Å². The Kier molecular flexibility index (Phi) is 5.37. The molecular formula is C22H24N2O3. The molecule has 1 saturated carbocycles. The number of nitrogens with zero attached hydrogens (tertiary/aromatic N) is 2. The molecule has 0 radical (unpaired) electrons. The minimum atomic E-state index is 0.00124. The maximum Gasteiger partial charge on any atom is 0.252 e. The first kappa shape index (κ1) is 17.6. The number of carbonyl (C=O) groups excluding carboxylic acids is 1. The number of rotatable bonds is 5. The molecule has 0 unspecified atom stereocenters. The smallest absolute Gasteiger partial charge is 0.252 e. The Morgan fingerprint density at radius 3 is 2.78 bits per heavy atom. The minimum absolute atomic E-state index is 0.00124. The van der Waals surface area contributed by atoms with E-state index in [1.54, 1.807) is 12.3 Å². The first-order valence-electron chi connectivity index (χ1n) is 9.60. The monoisotopic (exact) mass is 364 g/mol. The number of aromatic nitrogens is 1. The molecule has 2 aromatic rings. The van der Waals surface area contributed by atoms with Crippen LogP contribution in [0, 0.1) is 0 Å². The van der Waals surface area contributed by atoms with E-state index in [0.717, 1.165) is 35.7 Å². The van der Waals surface area contributed by atoms with Crippen molar-refractivity contribution in [2.45, 2.75) is 44.6 Å². The molecule has 0 atom stereocenters. The Morgan fingerprint density at radius 1 is 1.11 bits per heavy atom. The highest BCUT2D eigenvalue weighted by Gasteiger charge is 2.26. The SMILES string of the molecule is O=C(/C=C\Cc1ccc2c(c1)OCO2)N(c1ccccn1)C1CCCCC1. The van der Waals surface area contributed by atoms with Gasteiger partial charge in [0, 0.05) is 12.2 Å². The molecule has 1 fully saturated rings. The third kappa shape index (κ3) is 4.13. The van der Waals surface area contributed by atoms with Crippen LogP contribution in [0.5, 0.6) is 11.5 Å². The fraction of sp³-hybridized carbons (Fsp3) is 0.364. The number of allylic oxidation sites excluding steroid dienone is 1. The zero-order chi connectivity index (χ0) is 18.5. The van der Waals surface area contributed by atoms with Gasteiger partial charge in [-0.1, -0.05) is 37.5 Å². The molecule has 140 valence electrons. The highest BCUT2D eigenvalue weighted by atomic mass is 16.7. The molecule has 1 amide bonds. The van der Waals surface area contributed by atoms with E-state index in [-0.39, 0.29) is 18.7 Å².